The minimum Gasteiger partial charge on any atom is -0.497 e. The molecule has 1 aliphatic heterocycles. The van der Waals surface area contributed by atoms with Crippen molar-refractivity contribution in [3.63, 3.8) is 0 Å². The normalized spacial score (nSPS) is 16.0. The number of carbonyl (C=O) groups is 2. The van der Waals surface area contributed by atoms with Gasteiger partial charge >= 0.3 is 0 Å². The average molecular weight is 392 g/mol. The molecular formula is C22H20N2O3S. The van der Waals surface area contributed by atoms with Gasteiger partial charge in [0.1, 0.15) is 11.3 Å². The number of ether oxygens (including phenoxy) is 1. The van der Waals surface area contributed by atoms with Crippen LogP contribution in [0.25, 0.3) is 6.08 Å². The van der Waals surface area contributed by atoms with Crippen molar-refractivity contribution in [1.29, 1.82) is 0 Å². The topological polar surface area (TPSA) is 58.6 Å². The van der Waals surface area contributed by atoms with Crippen molar-refractivity contribution in [2.45, 2.75) is 13.8 Å². The molecule has 1 heterocycles. The number of carbonyl (C=O) groups excluding carboxylic acids is 2. The summed E-state index contributed by atoms with van der Waals surface area (Å²) in [6, 6.07) is 13.2. The first-order valence-electron chi connectivity index (χ1n) is 8.69. The Morgan fingerprint density at radius 1 is 1.04 bits per heavy atom. The molecule has 0 atom stereocenters. The molecule has 1 saturated heterocycles. The Labute approximate surface area is 169 Å². The third-order valence-electron chi connectivity index (χ3n) is 4.23. The lowest BCUT2D eigenvalue weighted by Crippen LogP contribution is -2.54. The molecule has 1 N–H and O–H groups in total. The van der Waals surface area contributed by atoms with Gasteiger partial charge in [-0.3, -0.25) is 19.8 Å². The van der Waals surface area contributed by atoms with Crippen molar-refractivity contribution >= 4 is 40.9 Å². The van der Waals surface area contributed by atoms with Crippen LogP contribution in [0.15, 0.2) is 60.2 Å². The van der Waals surface area contributed by atoms with Crippen LogP contribution in [-0.4, -0.2) is 24.0 Å². The van der Waals surface area contributed by atoms with E-state index >= 15 is 0 Å². The van der Waals surface area contributed by atoms with Crippen molar-refractivity contribution in [2.75, 3.05) is 12.0 Å². The number of rotatable bonds is 4. The second-order valence-corrected chi connectivity index (χ2v) is 6.85. The van der Waals surface area contributed by atoms with Gasteiger partial charge in [0, 0.05) is 0 Å². The summed E-state index contributed by atoms with van der Waals surface area (Å²) in [6.07, 6.45) is 4.98. The quantitative estimate of drug-likeness (QED) is 0.490. The number of anilines is 1. The largest absolute Gasteiger partial charge is 0.497 e. The predicted molar refractivity (Wildman–Crippen MR) is 114 cm³/mol. The summed E-state index contributed by atoms with van der Waals surface area (Å²) in [5.74, 6) is -0.192. The van der Waals surface area contributed by atoms with Crippen molar-refractivity contribution in [3.8, 4) is 5.75 Å². The Morgan fingerprint density at radius 3 is 2.29 bits per heavy atom. The smallest absolute Gasteiger partial charge is 0.270 e. The molecule has 0 spiro atoms. The minimum atomic E-state index is -0.505. The van der Waals surface area contributed by atoms with Gasteiger partial charge in [-0.1, -0.05) is 30.4 Å². The summed E-state index contributed by atoms with van der Waals surface area (Å²) in [7, 11) is 1.61. The Bertz CT molecular complexity index is 987. The SMILES string of the molecule is COc1ccc(/C=C/C=C2/C(=O)NC(=S)N(c3cc(C)cc(C)c3)C2=O)cc1. The fraction of sp³-hybridized carbons (Fsp3) is 0.136. The van der Waals surface area contributed by atoms with Crippen LogP contribution in [-0.2, 0) is 9.59 Å². The molecule has 0 radical (unpaired) electrons. The summed E-state index contributed by atoms with van der Waals surface area (Å²) in [5, 5.41) is 2.67. The van der Waals surface area contributed by atoms with Crippen LogP contribution in [0.5, 0.6) is 5.75 Å². The number of hydrogen-bond acceptors (Lipinski definition) is 4. The van der Waals surface area contributed by atoms with E-state index in [1.165, 1.54) is 11.0 Å². The molecule has 6 heteroatoms. The Balaban J connectivity index is 1.88. The van der Waals surface area contributed by atoms with Gasteiger partial charge in [0.2, 0.25) is 0 Å². The van der Waals surface area contributed by atoms with Crippen LogP contribution >= 0.6 is 12.2 Å². The average Bonchev–Trinajstić information content (AvgIpc) is 2.64. The van der Waals surface area contributed by atoms with Crippen LogP contribution < -0.4 is 15.0 Å². The highest BCUT2D eigenvalue weighted by atomic mass is 32.1. The lowest BCUT2D eigenvalue weighted by atomic mass is 10.1. The lowest BCUT2D eigenvalue weighted by Gasteiger charge is -2.29. The van der Waals surface area contributed by atoms with E-state index < -0.39 is 11.8 Å². The molecule has 0 aromatic heterocycles. The minimum absolute atomic E-state index is 0.0255. The highest BCUT2D eigenvalue weighted by Gasteiger charge is 2.34. The van der Waals surface area contributed by atoms with Gasteiger partial charge in [-0.05, 0) is 73.1 Å². The molecule has 1 aliphatic rings. The molecule has 28 heavy (non-hydrogen) atoms. The number of amides is 2. The number of nitrogens with zero attached hydrogens (tertiary/aromatic N) is 1. The standard InChI is InChI=1S/C22H20N2O3S/c1-14-11-15(2)13-17(12-14)24-21(26)19(20(25)23-22(24)28)6-4-5-16-7-9-18(27-3)10-8-16/h4-13H,1-3H3,(H,23,25,28)/b5-4+,19-6-. The van der Waals surface area contributed by atoms with Crippen LogP contribution in [0.4, 0.5) is 5.69 Å². The second-order valence-electron chi connectivity index (χ2n) is 6.46. The van der Waals surface area contributed by atoms with E-state index in [-0.39, 0.29) is 10.7 Å². The molecule has 2 amide bonds. The third kappa shape index (κ3) is 4.18. The van der Waals surface area contributed by atoms with Gasteiger partial charge in [0.05, 0.1) is 12.8 Å². The summed E-state index contributed by atoms with van der Waals surface area (Å²) in [6.45, 7) is 3.89. The fourth-order valence-corrected chi connectivity index (χ4v) is 3.24. The molecule has 0 bridgehead atoms. The molecule has 3 rings (SSSR count). The Kier molecular flexibility index (Phi) is 5.70. The second kappa shape index (κ2) is 8.19. The fourth-order valence-electron chi connectivity index (χ4n) is 2.96. The van der Waals surface area contributed by atoms with Crippen molar-refractivity contribution in [3.05, 3.63) is 76.9 Å². The maximum absolute atomic E-state index is 13.0. The maximum atomic E-state index is 13.0. The maximum Gasteiger partial charge on any atom is 0.270 e. The monoisotopic (exact) mass is 392 g/mol. The first kappa shape index (κ1) is 19.5. The summed E-state index contributed by atoms with van der Waals surface area (Å²) in [5.41, 5.74) is 3.60. The van der Waals surface area contributed by atoms with Crippen LogP contribution in [0.1, 0.15) is 16.7 Å². The van der Waals surface area contributed by atoms with Crippen LogP contribution in [0.3, 0.4) is 0 Å². The molecule has 5 nitrogen and oxygen atoms in total. The molecule has 1 fully saturated rings. The number of thiocarbonyl (C=S) groups is 1. The highest BCUT2D eigenvalue weighted by Crippen LogP contribution is 2.23. The van der Waals surface area contributed by atoms with Gasteiger partial charge in [0.25, 0.3) is 11.8 Å². The third-order valence-corrected chi connectivity index (χ3v) is 4.52. The van der Waals surface area contributed by atoms with Gasteiger partial charge < -0.3 is 4.74 Å². The number of nitrogens with one attached hydrogen (secondary N) is 1. The van der Waals surface area contributed by atoms with E-state index in [0.29, 0.717) is 5.69 Å². The number of benzene rings is 2. The number of aryl methyl sites for hydroxylation is 2. The van der Waals surface area contributed by atoms with Crippen LogP contribution in [0.2, 0.25) is 0 Å². The van der Waals surface area contributed by atoms with Gasteiger partial charge in [-0.15, -0.1) is 0 Å². The van der Waals surface area contributed by atoms with Gasteiger partial charge in [0.15, 0.2) is 5.11 Å². The van der Waals surface area contributed by atoms with Crippen molar-refractivity contribution in [1.82, 2.24) is 5.32 Å². The molecular weight excluding hydrogens is 372 g/mol. The molecule has 142 valence electrons. The van der Waals surface area contributed by atoms with Gasteiger partial charge in [-0.25, -0.2) is 0 Å². The summed E-state index contributed by atoms with van der Waals surface area (Å²) >= 11 is 5.23. The molecule has 0 aliphatic carbocycles. The van der Waals surface area contributed by atoms with E-state index in [1.54, 1.807) is 19.3 Å². The molecule has 0 unspecified atom stereocenters. The van der Waals surface area contributed by atoms with E-state index in [9.17, 15) is 9.59 Å². The van der Waals surface area contributed by atoms with Crippen LogP contribution in [0, 0.1) is 13.8 Å². The number of hydrogen-bond donors (Lipinski definition) is 1. The number of allylic oxidation sites excluding steroid dienone is 2. The zero-order valence-electron chi connectivity index (χ0n) is 15.9. The predicted octanol–water partition coefficient (Wildman–Crippen LogP) is 3.70. The van der Waals surface area contributed by atoms with E-state index in [1.807, 2.05) is 56.3 Å². The summed E-state index contributed by atoms with van der Waals surface area (Å²) in [4.78, 5) is 26.6. The zero-order chi connectivity index (χ0) is 20.3. The first-order valence-corrected chi connectivity index (χ1v) is 9.10. The molecule has 2 aromatic rings. The highest BCUT2D eigenvalue weighted by molar-refractivity contribution is 7.80. The van der Waals surface area contributed by atoms with Crippen molar-refractivity contribution < 1.29 is 14.3 Å². The first-order chi connectivity index (χ1) is 13.4. The lowest BCUT2D eigenvalue weighted by molar-refractivity contribution is -0.122. The summed E-state index contributed by atoms with van der Waals surface area (Å²) < 4.78 is 5.13. The molecule has 2 aromatic carbocycles. The zero-order valence-corrected chi connectivity index (χ0v) is 16.7. The Morgan fingerprint density at radius 2 is 1.68 bits per heavy atom. The molecule has 0 saturated carbocycles. The van der Waals surface area contributed by atoms with E-state index in [2.05, 4.69) is 5.32 Å². The van der Waals surface area contributed by atoms with Crippen molar-refractivity contribution in [2.24, 2.45) is 0 Å². The number of methoxy groups -OCH3 is 1. The Hall–Kier alpha value is -3.25. The van der Waals surface area contributed by atoms with Gasteiger partial charge in [-0.2, -0.15) is 0 Å². The van der Waals surface area contributed by atoms with E-state index in [0.717, 1.165) is 22.4 Å². The van der Waals surface area contributed by atoms with E-state index in [4.69, 9.17) is 17.0 Å².